The Morgan fingerprint density at radius 3 is 2.30 bits per heavy atom. The Kier molecular flexibility index (Phi) is 6.49. The number of piperazine rings is 1. The van der Waals surface area contributed by atoms with Gasteiger partial charge in [0.1, 0.15) is 5.82 Å². The summed E-state index contributed by atoms with van der Waals surface area (Å²) in [5.41, 5.74) is 0.0167. The van der Waals surface area contributed by atoms with E-state index in [0.717, 1.165) is 23.1 Å². The topological polar surface area (TPSA) is 53.1 Å². The average molecular weight is 486 g/mol. The second kappa shape index (κ2) is 9.18. The number of carbonyl (C=O) groups is 2. The smallest absolute Gasteiger partial charge is 0.378 e. The number of hydrogen-bond donors (Lipinski definition) is 0. The lowest BCUT2D eigenvalue weighted by molar-refractivity contribution is -0.146. The van der Waals surface area contributed by atoms with E-state index in [4.69, 9.17) is 16.3 Å². The molecule has 176 valence electrons. The number of alkyl halides is 3. The molecule has 0 bridgehead atoms. The van der Waals surface area contributed by atoms with Gasteiger partial charge in [0.2, 0.25) is 0 Å². The summed E-state index contributed by atoms with van der Waals surface area (Å²) in [4.78, 5) is 30.0. The van der Waals surface area contributed by atoms with Gasteiger partial charge in [0.05, 0.1) is 30.2 Å². The summed E-state index contributed by atoms with van der Waals surface area (Å²) in [6.07, 6.45) is -4.60. The van der Waals surface area contributed by atoms with Crippen molar-refractivity contribution in [2.75, 3.05) is 49.2 Å². The molecule has 6 nitrogen and oxygen atoms in total. The minimum Gasteiger partial charge on any atom is -0.378 e. The number of morpholine rings is 1. The normalized spacial score (nSPS) is 17.7. The lowest BCUT2D eigenvalue weighted by atomic mass is 10.1. The van der Waals surface area contributed by atoms with E-state index in [9.17, 15) is 27.2 Å². The van der Waals surface area contributed by atoms with E-state index in [0.29, 0.717) is 37.6 Å². The third kappa shape index (κ3) is 4.91. The van der Waals surface area contributed by atoms with Crippen LogP contribution in [-0.4, -0.2) is 56.1 Å². The van der Waals surface area contributed by atoms with Crippen molar-refractivity contribution in [3.63, 3.8) is 0 Å². The number of ether oxygens (including phenoxy) is 1. The maximum Gasteiger partial charge on any atom is 0.416 e. The van der Waals surface area contributed by atoms with Crippen LogP contribution in [0.1, 0.15) is 11.1 Å². The van der Waals surface area contributed by atoms with Crippen molar-refractivity contribution in [1.82, 2.24) is 4.90 Å². The highest BCUT2D eigenvalue weighted by atomic mass is 35.5. The Morgan fingerprint density at radius 2 is 1.64 bits per heavy atom. The first-order valence-electron chi connectivity index (χ1n) is 10.2. The maximum absolute atomic E-state index is 13.4. The Balaban J connectivity index is 1.62. The van der Waals surface area contributed by atoms with Crippen LogP contribution in [-0.2, 0) is 27.0 Å². The van der Waals surface area contributed by atoms with Gasteiger partial charge in [-0.15, -0.1) is 0 Å². The Hall–Kier alpha value is -2.85. The summed E-state index contributed by atoms with van der Waals surface area (Å²) in [6, 6.07) is 6.92. The number of hydrogen-bond acceptors (Lipinski definition) is 4. The van der Waals surface area contributed by atoms with E-state index in [2.05, 4.69) is 0 Å². The van der Waals surface area contributed by atoms with Crippen molar-refractivity contribution in [1.29, 1.82) is 0 Å². The lowest BCUT2D eigenvalue weighted by Crippen LogP contribution is -2.54. The predicted molar refractivity (Wildman–Crippen MR) is 114 cm³/mol. The first-order chi connectivity index (χ1) is 15.6. The molecule has 2 aliphatic heterocycles. The molecule has 0 atom stereocenters. The minimum absolute atomic E-state index is 0.00202. The summed E-state index contributed by atoms with van der Waals surface area (Å²) in [5, 5.41) is 0.116. The molecule has 0 aromatic heterocycles. The van der Waals surface area contributed by atoms with Gasteiger partial charge in [0.25, 0.3) is 0 Å². The summed E-state index contributed by atoms with van der Waals surface area (Å²) < 4.78 is 58.8. The van der Waals surface area contributed by atoms with Gasteiger partial charge in [-0.25, -0.2) is 4.39 Å². The highest BCUT2D eigenvalue weighted by molar-refractivity contribution is 6.41. The van der Waals surface area contributed by atoms with Crippen molar-refractivity contribution in [2.45, 2.75) is 12.7 Å². The fraction of sp³-hybridized carbons (Fsp3) is 0.364. The number of amides is 2. The molecule has 11 heteroatoms. The van der Waals surface area contributed by atoms with Crippen molar-refractivity contribution < 1.29 is 31.9 Å². The van der Waals surface area contributed by atoms with Crippen LogP contribution >= 0.6 is 11.6 Å². The van der Waals surface area contributed by atoms with Crippen LogP contribution in [0.25, 0.3) is 0 Å². The average Bonchev–Trinajstić information content (AvgIpc) is 2.78. The molecule has 0 saturated carbocycles. The van der Waals surface area contributed by atoms with E-state index >= 15 is 0 Å². The number of halogens is 5. The molecule has 2 heterocycles. The molecule has 2 amide bonds. The molecule has 2 aliphatic rings. The Morgan fingerprint density at radius 1 is 0.909 bits per heavy atom. The fourth-order valence-electron chi connectivity index (χ4n) is 3.90. The van der Waals surface area contributed by atoms with Crippen LogP contribution < -0.4 is 9.80 Å². The zero-order valence-electron chi connectivity index (χ0n) is 17.4. The highest BCUT2D eigenvalue weighted by Crippen LogP contribution is 2.38. The molecule has 0 aliphatic carbocycles. The standard InChI is InChI=1S/C22H20ClF4N3O3/c23-17-12-16(24)3-1-14(17)13-29-5-6-30(21(32)20(29)31)19-11-15(22(25,26)27)2-4-18(19)28-7-9-33-10-8-28/h1-4,11-12H,5-10,13H2. The molecular weight excluding hydrogens is 466 g/mol. The fourth-order valence-corrected chi connectivity index (χ4v) is 4.13. The number of rotatable bonds is 4. The van der Waals surface area contributed by atoms with Crippen LogP contribution in [0.2, 0.25) is 5.02 Å². The van der Waals surface area contributed by atoms with E-state index in [1.165, 1.54) is 23.1 Å². The molecule has 2 fully saturated rings. The zero-order chi connectivity index (χ0) is 23.8. The zero-order valence-corrected chi connectivity index (χ0v) is 18.1. The molecule has 2 aromatic rings. The SMILES string of the molecule is O=C1C(=O)N(c2cc(C(F)(F)F)ccc2N2CCOCC2)CCN1Cc1ccc(F)cc1Cl. The van der Waals surface area contributed by atoms with Crippen LogP contribution in [0.15, 0.2) is 36.4 Å². The van der Waals surface area contributed by atoms with Gasteiger partial charge >= 0.3 is 18.0 Å². The number of benzene rings is 2. The molecule has 2 aromatic carbocycles. The maximum atomic E-state index is 13.4. The van der Waals surface area contributed by atoms with Crippen LogP contribution in [0, 0.1) is 5.82 Å². The lowest BCUT2D eigenvalue weighted by Gasteiger charge is -2.37. The first-order valence-corrected chi connectivity index (χ1v) is 10.6. The second-order valence-electron chi connectivity index (χ2n) is 7.72. The molecular formula is C22H20ClF4N3O3. The van der Waals surface area contributed by atoms with Crippen LogP contribution in [0.3, 0.4) is 0 Å². The summed E-state index contributed by atoms with van der Waals surface area (Å²) in [6.45, 7) is 1.77. The highest BCUT2D eigenvalue weighted by Gasteiger charge is 2.38. The predicted octanol–water partition coefficient (Wildman–Crippen LogP) is 3.71. The van der Waals surface area contributed by atoms with Gasteiger partial charge in [-0.2, -0.15) is 13.2 Å². The summed E-state index contributed by atoms with van der Waals surface area (Å²) in [5.74, 6) is -2.34. The largest absolute Gasteiger partial charge is 0.416 e. The molecule has 0 N–H and O–H groups in total. The van der Waals surface area contributed by atoms with E-state index < -0.39 is 29.4 Å². The van der Waals surface area contributed by atoms with Gasteiger partial charge in [-0.1, -0.05) is 17.7 Å². The molecule has 0 unspecified atom stereocenters. The minimum atomic E-state index is -4.60. The molecule has 33 heavy (non-hydrogen) atoms. The van der Waals surface area contributed by atoms with Gasteiger partial charge < -0.3 is 19.4 Å². The first kappa shape index (κ1) is 23.3. The van der Waals surface area contributed by atoms with E-state index in [1.54, 1.807) is 0 Å². The van der Waals surface area contributed by atoms with Gasteiger partial charge in [0.15, 0.2) is 0 Å². The van der Waals surface area contributed by atoms with Crippen molar-refractivity contribution in [3.05, 3.63) is 58.4 Å². The van der Waals surface area contributed by atoms with Gasteiger partial charge in [-0.05, 0) is 35.9 Å². The van der Waals surface area contributed by atoms with E-state index in [1.807, 2.05) is 4.90 Å². The third-order valence-electron chi connectivity index (χ3n) is 5.63. The second-order valence-corrected chi connectivity index (χ2v) is 8.13. The molecule has 0 spiro atoms. The van der Waals surface area contributed by atoms with Crippen molar-refractivity contribution >= 4 is 34.8 Å². The molecule has 0 radical (unpaired) electrons. The quantitative estimate of drug-likeness (QED) is 0.489. The monoisotopic (exact) mass is 485 g/mol. The van der Waals surface area contributed by atoms with E-state index in [-0.39, 0.29) is 30.3 Å². The number of anilines is 2. The third-order valence-corrected chi connectivity index (χ3v) is 5.98. The summed E-state index contributed by atoms with van der Waals surface area (Å²) in [7, 11) is 0. The molecule has 2 saturated heterocycles. The van der Waals surface area contributed by atoms with Crippen LogP contribution in [0.4, 0.5) is 28.9 Å². The Labute approximate surface area is 192 Å². The van der Waals surface area contributed by atoms with Crippen molar-refractivity contribution in [2.24, 2.45) is 0 Å². The van der Waals surface area contributed by atoms with Gasteiger partial charge in [-0.3, -0.25) is 9.59 Å². The van der Waals surface area contributed by atoms with Crippen LogP contribution in [0.5, 0.6) is 0 Å². The van der Waals surface area contributed by atoms with Crippen molar-refractivity contribution in [3.8, 4) is 0 Å². The van der Waals surface area contributed by atoms with Gasteiger partial charge in [0, 0.05) is 37.7 Å². The molecule has 4 rings (SSSR count). The number of nitrogens with zero attached hydrogens (tertiary/aromatic N) is 3. The Bertz CT molecular complexity index is 1070. The number of carbonyl (C=O) groups excluding carboxylic acids is 2. The summed E-state index contributed by atoms with van der Waals surface area (Å²) >= 11 is 6.03.